The molecule has 20 heavy (non-hydrogen) atoms. The highest BCUT2D eigenvalue weighted by molar-refractivity contribution is 7.99. The van der Waals surface area contributed by atoms with Crippen molar-refractivity contribution in [1.29, 1.82) is 0 Å². The number of aromatic nitrogens is 3. The highest BCUT2D eigenvalue weighted by Gasteiger charge is 2.10. The van der Waals surface area contributed by atoms with Crippen LogP contribution in [0.1, 0.15) is 27.7 Å². The van der Waals surface area contributed by atoms with Crippen LogP contribution < -0.4 is 10.6 Å². The van der Waals surface area contributed by atoms with E-state index in [-0.39, 0.29) is 0 Å². The number of nitrogens with zero attached hydrogens (tertiary/aromatic N) is 5. The average Bonchev–Trinajstić information content (AvgIpc) is 2.44. The van der Waals surface area contributed by atoms with Gasteiger partial charge in [-0.2, -0.15) is 15.0 Å². The van der Waals surface area contributed by atoms with E-state index in [4.69, 9.17) is 5.73 Å². The number of hydrogen-bond acceptors (Lipinski definition) is 7. The second-order valence-corrected chi connectivity index (χ2v) is 5.39. The molecule has 0 saturated heterocycles. The molecule has 1 aromatic heterocycles. The third-order valence-electron chi connectivity index (χ3n) is 3.20. The first-order valence-electron chi connectivity index (χ1n) is 7.26. The van der Waals surface area contributed by atoms with Crippen LogP contribution in [0.3, 0.4) is 0 Å². The fourth-order valence-corrected chi connectivity index (χ4v) is 2.72. The van der Waals surface area contributed by atoms with Gasteiger partial charge in [0, 0.05) is 25.4 Å². The Kier molecular flexibility index (Phi) is 7.61. The summed E-state index contributed by atoms with van der Waals surface area (Å²) in [5.41, 5.74) is 5.78. The van der Waals surface area contributed by atoms with Gasteiger partial charge in [0.05, 0.1) is 0 Å². The van der Waals surface area contributed by atoms with E-state index in [9.17, 15) is 0 Å². The topological polar surface area (TPSA) is 71.2 Å². The lowest BCUT2D eigenvalue weighted by molar-refractivity contribution is 0.324. The number of rotatable bonds is 9. The average molecular weight is 298 g/mol. The van der Waals surface area contributed by atoms with Gasteiger partial charge in [-0.1, -0.05) is 25.6 Å². The molecular weight excluding hydrogens is 272 g/mol. The smallest absolute Gasteiger partial charge is 0.231 e. The molecular formula is C13H26N6S. The van der Waals surface area contributed by atoms with Crippen LogP contribution in [0.5, 0.6) is 0 Å². The van der Waals surface area contributed by atoms with Crippen LogP contribution in [0.25, 0.3) is 0 Å². The van der Waals surface area contributed by atoms with Gasteiger partial charge in [-0.05, 0) is 26.9 Å². The van der Waals surface area contributed by atoms with Crippen LogP contribution in [0, 0.1) is 0 Å². The summed E-state index contributed by atoms with van der Waals surface area (Å²) in [6.45, 7) is 13.4. The molecule has 6 nitrogen and oxygen atoms in total. The fraction of sp³-hybridized carbons (Fsp3) is 0.769. The molecule has 0 aliphatic carbocycles. The van der Waals surface area contributed by atoms with Gasteiger partial charge >= 0.3 is 0 Å². The van der Waals surface area contributed by atoms with Crippen molar-refractivity contribution >= 4 is 23.7 Å². The van der Waals surface area contributed by atoms with Crippen molar-refractivity contribution in [2.75, 3.05) is 49.1 Å². The lowest BCUT2D eigenvalue weighted by Crippen LogP contribution is -2.26. The second kappa shape index (κ2) is 8.97. The molecule has 2 N–H and O–H groups in total. The highest BCUT2D eigenvalue weighted by Crippen LogP contribution is 2.17. The first-order chi connectivity index (χ1) is 9.64. The van der Waals surface area contributed by atoms with Crippen molar-refractivity contribution in [3.63, 3.8) is 0 Å². The van der Waals surface area contributed by atoms with Crippen LogP contribution in [-0.4, -0.2) is 58.3 Å². The summed E-state index contributed by atoms with van der Waals surface area (Å²) in [6.07, 6.45) is 0. The molecule has 0 aromatic carbocycles. The van der Waals surface area contributed by atoms with E-state index in [1.807, 2.05) is 0 Å². The molecule has 0 bridgehead atoms. The van der Waals surface area contributed by atoms with E-state index in [2.05, 4.69) is 52.4 Å². The van der Waals surface area contributed by atoms with E-state index in [0.717, 1.165) is 38.5 Å². The van der Waals surface area contributed by atoms with Crippen LogP contribution in [0.15, 0.2) is 5.16 Å². The zero-order valence-corrected chi connectivity index (χ0v) is 13.8. The Morgan fingerprint density at radius 1 is 0.950 bits per heavy atom. The van der Waals surface area contributed by atoms with Gasteiger partial charge in [0.1, 0.15) is 0 Å². The lowest BCUT2D eigenvalue weighted by atomic mass is 10.5. The second-order valence-electron chi connectivity index (χ2n) is 4.32. The summed E-state index contributed by atoms with van der Waals surface area (Å²) in [5.74, 6) is 1.93. The summed E-state index contributed by atoms with van der Waals surface area (Å²) >= 11 is 1.64. The summed E-state index contributed by atoms with van der Waals surface area (Å²) in [4.78, 5) is 17.4. The Morgan fingerprint density at radius 3 is 2.15 bits per heavy atom. The zero-order chi connectivity index (χ0) is 15.0. The van der Waals surface area contributed by atoms with Gasteiger partial charge in [0.2, 0.25) is 11.9 Å². The summed E-state index contributed by atoms with van der Waals surface area (Å²) in [5, 5.41) is 0.714. The molecule has 114 valence electrons. The van der Waals surface area contributed by atoms with E-state index in [1.165, 1.54) is 0 Å². The first kappa shape index (κ1) is 17.0. The minimum Gasteiger partial charge on any atom is -0.368 e. The van der Waals surface area contributed by atoms with Gasteiger partial charge in [-0.3, -0.25) is 0 Å². The van der Waals surface area contributed by atoms with Gasteiger partial charge in [-0.25, -0.2) is 0 Å². The summed E-state index contributed by atoms with van der Waals surface area (Å²) in [6, 6.07) is 0. The zero-order valence-electron chi connectivity index (χ0n) is 13.0. The lowest BCUT2D eigenvalue weighted by Gasteiger charge is -2.19. The summed E-state index contributed by atoms with van der Waals surface area (Å²) in [7, 11) is 0. The molecule has 0 unspecified atom stereocenters. The Balaban J connectivity index is 2.66. The molecule has 0 atom stereocenters. The number of hydrogen-bond donors (Lipinski definition) is 1. The van der Waals surface area contributed by atoms with Crippen molar-refractivity contribution in [3.05, 3.63) is 0 Å². The number of anilines is 2. The normalized spacial score (nSPS) is 11.1. The minimum atomic E-state index is 0.298. The van der Waals surface area contributed by atoms with Crippen molar-refractivity contribution in [2.45, 2.75) is 32.9 Å². The van der Waals surface area contributed by atoms with Crippen LogP contribution >= 0.6 is 11.8 Å². The molecule has 0 aliphatic heterocycles. The number of nitrogen functional groups attached to an aromatic ring is 1. The quantitative estimate of drug-likeness (QED) is 0.696. The molecule has 0 spiro atoms. The molecule has 0 saturated carbocycles. The minimum absolute atomic E-state index is 0.298. The molecule has 0 aliphatic rings. The largest absolute Gasteiger partial charge is 0.368 e. The predicted molar refractivity (Wildman–Crippen MR) is 86.3 cm³/mol. The maximum atomic E-state index is 5.78. The first-order valence-corrected chi connectivity index (χ1v) is 8.24. The molecule has 1 heterocycles. The maximum absolute atomic E-state index is 5.78. The molecule has 0 amide bonds. The standard InChI is InChI=1S/C13H26N6S/c1-5-18(6-2)9-10-20-13-16-11(14)15-12(17-13)19(7-3)8-4/h5-10H2,1-4H3,(H2,14,15,16,17). The van der Waals surface area contributed by atoms with Gasteiger partial charge in [-0.15, -0.1) is 0 Å². The molecule has 0 fully saturated rings. The molecule has 7 heteroatoms. The van der Waals surface area contributed by atoms with E-state index in [1.54, 1.807) is 11.8 Å². The van der Waals surface area contributed by atoms with Crippen LogP contribution in [0.2, 0.25) is 0 Å². The Bertz CT molecular complexity index is 392. The van der Waals surface area contributed by atoms with Crippen molar-refractivity contribution < 1.29 is 0 Å². The monoisotopic (exact) mass is 298 g/mol. The number of nitrogens with two attached hydrogens (primary N) is 1. The third-order valence-corrected chi connectivity index (χ3v) is 4.03. The van der Waals surface area contributed by atoms with E-state index >= 15 is 0 Å². The summed E-state index contributed by atoms with van der Waals surface area (Å²) < 4.78 is 0. The van der Waals surface area contributed by atoms with Gasteiger partial charge in [0.25, 0.3) is 0 Å². The molecule has 0 radical (unpaired) electrons. The van der Waals surface area contributed by atoms with Crippen LogP contribution in [0.4, 0.5) is 11.9 Å². The fourth-order valence-electron chi connectivity index (χ4n) is 1.88. The SMILES string of the molecule is CCN(CC)CCSc1nc(N)nc(N(CC)CC)n1. The third kappa shape index (κ3) is 5.13. The molecule has 1 aromatic rings. The molecule has 1 rings (SSSR count). The highest BCUT2D eigenvalue weighted by atomic mass is 32.2. The van der Waals surface area contributed by atoms with Gasteiger partial charge < -0.3 is 15.5 Å². The van der Waals surface area contributed by atoms with Crippen molar-refractivity contribution in [2.24, 2.45) is 0 Å². The maximum Gasteiger partial charge on any atom is 0.231 e. The Hall–Kier alpha value is -1.08. The van der Waals surface area contributed by atoms with Crippen molar-refractivity contribution in [3.8, 4) is 0 Å². The van der Waals surface area contributed by atoms with E-state index < -0.39 is 0 Å². The number of thioether (sulfide) groups is 1. The van der Waals surface area contributed by atoms with Crippen LogP contribution in [-0.2, 0) is 0 Å². The van der Waals surface area contributed by atoms with E-state index in [0.29, 0.717) is 17.1 Å². The Morgan fingerprint density at radius 2 is 1.60 bits per heavy atom. The Labute approximate surface area is 126 Å². The van der Waals surface area contributed by atoms with Gasteiger partial charge in [0.15, 0.2) is 5.16 Å². The predicted octanol–water partition coefficient (Wildman–Crippen LogP) is 1.73. The van der Waals surface area contributed by atoms with Crippen molar-refractivity contribution in [1.82, 2.24) is 19.9 Å².